The summed E-state index contributed by atoms with van der Waals surface area (Å²) in [6.07, 6.45) is 6.51. The Bertz CT molecular complexity index is 913. The molecule has 0 aliphatic carbocycles. The molecule has 0 saturated carbocycles. The molecule has 1 saturated heterocycles. The Labute approximate surface area is 177 Å². The van der Waals surface area contributed by atoms with Crippen LogP contribution in [0.15, 0.2) is 30.6 Å². The maximum atomic E-state index is 12.3. The maximum Gasteiger partial charge on any atom is 0.410 e. The molecule has 0 bridgehead atoms. The van der Waals surface area contributed by atoms with Gasteiger partial charge in [0, 0.05) is 31.5 Å². The fourth-order valence-corrected chi connectivity index (χ4v) is 4.04. The summed E-state index contributed by atoms with van der Waals surface area (Å²) in [6, 6.07) is 6.12. The lowest BCUT2D eigenvalue weighted by Gasteiger charge is -2.44. The van der Waals surface area contributed by atoms with Crippen molar-refractivity contribution in [2.75, 3.05) is 13.1 Å². The smallest absolute Gasteiger partial charge is 0.410 e. The van der Waals surface area contributed by atoms with Gasteiger partial charge >= 0.3 is 6.09 Å². The molecule has 160 valence electrons. The fourth-order valence-electron chi connectivity index (χ4n) is 4.04. The van der Waals surface area contributed by atoms with E-state index in [4.69, 9.17) is 14.6 Å². The number of piperidine rings is 1. The van der Waals surface area contributed by atoms with Crippen molar-refractivity contribution in [3.05, 3.63) is 41.9 Å². The van der Waals surface area contributed by atoms with E-state index in [1.807, 2.05) is 32.9 Å². The Morgan fingerprint density at radius 1 is 1.20 bits per heavy atom. The van der Waals surface area contributed by atoms with Crippen molar-refractivity contribution in [3.8, 4) is 17.0 Å². The van der Waals surface area contributed by atoms with Crippen molar-refractivity contribution in [3.63, 3.8) is 0 Å². The lowest BCUT2D eigenvalue weighted by molar-refractivity contribution is -0.0272. The van der Waals surface area contributed by atoms with Gasteiger partial charge in [-0.3, -0.25) is 9.97 Å². The van der Waals surface area contributed by atoms with Gasteiger partial charge in [0.2, 0.25) is 0 Å². The number of aliphatic hydroxyl groups excluding tert-OH is 1. The lowest BCUT2D eigenvalue weighted by atomic mass is 9.83. The van der Waals surface area contributed by atoms with Crippen LogP contribution < -0.4 is 4.74 Å². The van der Waals surface area contributed by atoms with Gasteiger partial charge in [0.1, 0.15) is 17.0 Å². The van der Waals surface area contributed by atoms with Gasteiger partial charge in [-0.25, -0.2) is 4.79 Å². The summed E-state index contributed by atoms with van der Waals surface area (Å²) < 4.78 is 12.0. The van der Waals surface area contributed by atoms with Crippen LogP contribution in [-0.2, 0) is 17.8 Å². The molecular weight excluding hydrogens is 382 g/mol. The molecule has 1 fully saturated rings. The summed E-state index contributed by atoms with van der Waals surface area (Å²) in [5.74, 6) is 0.913. The summed E-state index contributed by atoms with van der Waals surface area (Å²) in [4.78, 5) is 22.7. The summed E-state index contributed by atoms with van der Waals surface area (Å²) in [7, 11) is 0. The number of hydrogen-bond donors (Lipinski definition) is 1. The molecule has 1 amide bonds. The van der Waals surface area contributed by atoms with Gasteiger partial charge in [-0.15, -0.1) is 0 Å². The van der Waals surface area contributed by atoms with Gasteiger partial charge < -0.3 is 19.5 Å². The molecule has 0 radical (unpaired) electrons. The van der Waals surface area contributed by atoms with Crippen LogP contribution >= 0.6 is 0 Å². The van der Waals surface area contributed by atoms with Crippen molar-refractivity contribution in [1.29, 1.82) is 0 Å². The average molecular weight is 412 g/mol. The number of aliphatic hydroxyl groups is 1. The van der Waals surface area contributed by atoms with E-state index in [1.54, 1.807) is 17.3 Å². The molecule has 7 nitrogen and oxygen atoms in total. The number of benzene rings is 1. The third-order valence-electron chi connectivity index (χ3n) is 5.73. The highest BCUT2D eigenvalue weighted by Crippen LogP contribution is 2.40. The zero-order valence-electron chi connectivity index (χ0n) is 17.9. The maximum absolute atomic E-state index is 12.3. The second-order valence-corrected chi connectivity index (χ2v) is 9.13. The van der Waals surface area contributed by atoms with Crippen LogP contribution in [-0.4, -0.2) is 50.4 Å². The molecule has 2 aliphatic heterocycles. The van der Waals surface area contributed by atoms with Gasteiger partial charge in [0.05, 0.1) is 30.4 Å². The van der Waals surface area contributed by atoms with E-state index in [0.717, 1.165) is 42.7 Å². The zero-order chi connectivity index (χ0) is 21.4. The molecule has 1 aromatic heterocycles. The first-order chi connectivity index (χ1) is 14.3. The molecule has 7 heteroatoms. The summed E-state index contributed by atoms with van der Waals surface area (Å²) in [5, 5.41) is 9.13. The Hall–Kier alpha value is -2.67. The first kappa shape index (κ1) is 20.6. The van der Waals surface area contributed by atoms with Crippen molar-refractivity contribution in [1.82, 2.24) is 14.9 Å². The molecule has 30 heavy (non-hydrogen) atoms. The molecule has 3 heterocycles. The first-order valence-electron chi connectivity index (χ1n) is 10.5. The first-order valence-corrected chi connectivity index (χ1v) is 10.5. The Morgan fingerprint density at radius 3 is 2.60 bits per heavy atom. The zero-order valence-corrected chi connectivity index (χ0v) is 17.9. The average Bonchev–Trinajstić information content (AvgIpc) is 2.73. The highest BCUT2D eigenvalue weighted by molar-refractivity contribution is 5.68. The molecule has 1 aromatic carbocycles. The number of carbonyl (C=O) groups is 1. The van der Waals surface area contributed by atoms with E-state index in [0.29, 0.717) is 18.8 Å². The Morgan fingerprint density at radius 2 is 1.97 bits per heavy atom. The molecular formula is C23H29N3O4. The number of nitrogens with zero attached hydrogens (tertiary/aromatic N) is 3. The minimum Gasteiger partial charge on any atom is -0.487 e. The molecule has 0 unspecified atom stereocenters. The van der Waals surface area contributed by atoms with E-state index in [2.05, 4.69) is 16.0 Å². The van der Waals surface area contributed by atoms with Gasteiger partial charge in [-0.05, 0) is 57.4 Å². The van der Waals surface area contributed by atoms with Crippen LogP contribution in [0.4, 0.5) is 4.79 Å². The summed E-state index contributed by atoms with van der Waals surface area (Å²) >= 11 is 0. The van der Waals surface area contributed by atoms with Crippen LogP contribution in [0.25, 0.3) is 11.3 Å². The number of ether oxygens (including phenoxy) is 2. The standard InChI is InChI=1S/C23H29N3O4/c1-22(2,3)30-21(28)26-10-8-23(9-11-26)7-6-17-12-16(4-5-20(17)29-23)19-14-24-18(15-27)13-25-19/h4-5,12-14,27H,6-11,15H2,1-3H3. The summed E-state index contributed by atoms with van der Waals surface area (Å²) in [6.45, 7) is 6.85. The van der Waals surface area contributed by atoms with Gasteiger partial charge in [-0.2, -0.15) is 0 Å². The van der Waals surface area contributed by atoms with Crippen LogP contribution in [0.2, 0.25) is 0 Å². The van der Waals surface area contributed by atoms with Crippen molar-refractivity contribution in [2.45, 2.75) is 64.3 Å². The van der Waals surface area contributed by atoms with E-state index in [9.17, 15) is 4.79 Å². The minimum atomic E-state index is -0.479. The quantitative estimate of drug-likeness (QED) is 0.811. The topological polar surface area (TPSA) is 84.8 Å². The molecule has 2 aromatic rings. The van der Waals surface area contributed by atoms with Crippen LogP contribution in [0.1, 0.15) is 51.3 Å². The largest absolute Gasteiger partial charge is 0.487 e. The minimum absolute atomic E-state index is 0.112. The number of fused-ring (bicyclic) bond motifs is 1. The number of hydrogen-bond acceptors (Lipinski definition) is 6. The van der Waals surface area contributed by atoms with Crippen molar-refractivity contribution in [2.24, 2.45) is 0 Å². The van der Waals surface area contributed by atoms with Crippen LogP contribution in [0.5, 0.6) is 5.75 Å². The predicted molar refractivity (Wildman–Crippen MR) is 112 cm³/mol. The highest BCUT2D eigenvalue weighted by atomic mass is 16.6. The normalized spacial score (nSPS) is 17.9. The van der Waals surface area contributed by atoms with E-state index in [1.165, 1.54) is 5.56 Å². The second-order valence-electron chi connectivity index (χ2n) is 9.13. The summed E-state index contributed by atoms with van der Waals surface area (Å²) in [5.41, 5.74) is 2.80. The SMILES string of the molecule is CC(C)(C)OC(=O)N1CCC2(CCc3cc(-c4cnc(CO)cn4)ccc3O2)CC1. The Balaban J connectivity index is 1.42. The number of aromatic nitrogens is 2. The van der Waals surface area contributed by atoms with Crippen molar-refractivity contribution < 1.29 is 19.4 Å². The molecule has 4 rings (SSSR count). The third-order valence-corrected chi connectivity index (χ3v) is 5.73. The van der Waals surface area contributed by atoms with E-state index in [-0.39, 0.29) is 18.3 Å². The van der Waals surface area contributed by atoms with Gasteiger partial charge in [0.15, 0.2) is 0 Å². The third kappa shape index (κ3) is 4.41. The second kappa shape index (κ2) is 7.87. The van der Waals surface area contributed by atoms with Crippen molar-refractivity contribution >= 4 is 6.09 Å². The molecule has 2 aliphatic rings. The monoisotopic (exact) mass is 411 g/mol. The number of rotatable bonds is 2. The lowest BCUT2D eigenvalue weighted by Crippen LogP contribution is -2.52. The number of amides is 1. The highest BCUT2D eigenvalue weighted by Gasteiger charge is 2.41. The predicted octanol–water partition coefficient (Wildman–Crippen LogP) is 3.73. The molecule has 1 spiro atoms. The number of carbonyl (C=O) groups excluding carboxylic acids is 1. The van der Waals surface area contributed by atoms with E-state index < -0.39 is 5.60 Å². The number of likely N-dealkylation sites (tertiary alicyclic amines) is 1. The van der Waals surface area contributed by atoms with Crippen LogP contribution in [0.3, 0.4) is 0 Å². The number of aryl methyl sites for hydroxylation is 1. The van der Waals surface area contributed by atoms with E-state index >= 15 is 0 Å². The molecule has 1 N–H and O–H groups in total. The molecule has 0 atom stereocenters. The fraction of sp³-hybridized carbons (Fsp3) is 0.522. The van der Waals surface area contributed by atoms with Gasteiger partial charge in [-0.1, -0.05) is 0 Å². The Kier molecular flexibility index (Phi) is 5.40. The van der Waals surface area contributed by atoms with Gasteiger partial charge in [0.25, 0.3) is 0 Å². The van der Waals surface area contributed by atoms with Crippen LogP contribution in [0, 0.1) is 0 Å².